The second kappa shape index (κ2) is 9.18. The van der Waals surface area contributed by atoms with E-state index in [-0.39, 0.29) is 35.3 Å². The Balaban J connectivity index is 2.05. The summed E-state index contributed by atoms with van der Waals surface area (Å²) in [5, 5.41) is 3.06. The summed E-state index contributed by atoms with van der Waals surface area (Å²) in [6.45, 7) is 1.74. The van der Waals surface area contributed by atoms with Crippen LogP contribution in [0.25, 0.3) is 11.0 Å². The van der Waals surface area contributed by atoms with Gasteiger partial charge in [-0.05, 0) is 36.8 Å². The molecule has 0 saturated heterocycles. The van der Waals surface area contributed by atoms with E-state index in [4.69, 9.17) is 25.5 Å². The second-order valence-corrected chi connectivity index (χ2v) is 8.04. The monoisotopic (exact) mass is 517 g/mol. The Bertz CT molecular complexity index is 1300. The van der Waals surface area contributed by atoms with E-state index >= 15 is 0 Å². The molecule has 0 radical (unpaired) electrons. The average molecular weight is 519 g/mol. The van der Waals surface area contributed by atoms with Crippen LogP contribution in [0.2, 0.25) is 0 Å². The zero-order valence-corrected chi connectivity index (χ0v) is 19.2. The van der Waals surface area contributed by atoms with Crippen LogP contribution in [0, 0.1) is 0 Å². The topological polar surface area (TPSA) is 94.8 Å². The molecular formula is C23H17BrClNO6. The van der Waals surface area contributed by atoms with Crippen LogP contribution < -0.4 is 15.7 Å². The van der Waals surface area contributed by atoms with Crippen molar-refractivity contribution in [2.24, 2.45) is 0 Å². The van der Waals surface area contributed by atoms with Gasteiger partial charge in [-0.15, -0.1) is 11.6 Å². The van der Waals surface area contributed by atoms with Gasteiger partial charge < -0.3 is 13.9 Å². The number of alkyl halides is 1. The van der Waals surface area contributed by atoms with Crippen LogP contribution in [0.3, 0.4) is 0 Å². The van der Waals surface area contributed by atoms with E-state index in [0.717, 1.165) is 4.47 Å². The zero-order valence-electron chi connectivity index (χ0n) is 16.8. The van der Waals surface area contributed by atoms with E-state index in [2.05, 4.69) is 21.2 Å². The summed E-state index contributed by atoms with van der Waals surface area (Å²) in [5.41, 5.74) is 0.381. The van der Waals surface area contributed by atoms with Crippen LogP contribution in [0.4, 0.5) is 0 Å². The maximum Gasteiger partial charge on any atom is 0.344 e. The number of hydrogen-bond acceptors (Lipinski definition) is 6. The van der Waals surface area contributed by atoms with Gasteiger partial charge in [0.1, 0.15) is 17.0 Å². The largest absolute Gasteiger partial charge is 0.462 e. The molecule has 0 spiro atoms. The lowest BCUT2D eigenvalue weighted by molar-refractivity contribution is -0.139. The lowest BCUT2D eigenvalue weighted by atomic mass is 9.83. The molecule has 0 bridgehead atoms. The van der Waals surface area contributed by atoms with E-state index < -0.39 is 23.4 Å². The number of carbonyl (C=O) groups is 2. The highest BCUT2D eigenvalue weighted by Crippen LogP contribution is 2.44. The molecule has 1 aliphatic rings. The number of rotatable bonds is 5. The predicted octanol–water partition coefficient (Wildman–Crippen LogP) is 4.21. The van der Waals surface area contributed by atoms with Crippen molar-refractivity contribution in [2.45, 2.75) is 12.8 Å². The number of fused-ring (bicyclic) bond motifs is 3. The van der Waals surface area contributed by atoms with Gasteiger partial charge in [-0.1, -0.05) is 40.2 Å². The third kappa shape index (κ3) is 4.03. The number of hydrogen-bond donors (Lipinski definition) is 1. The van der Waals surface area contributed by atoms with Crippen LogP contribution in [-0.2, 0) is 14.3 Å². The smallest absolute Gasteiger partial charge is 0.344 e. The number of halogens is 2. The highest BCUT2D eigenvalue weighted by Gasteiger charge is 2.40. The van der Waals surface area contributed by atoms with Crippen molar-refractivity contribution in [1.82, 2.24) is 5.32 Å². The molecule has 1 atom stereocenters. The first-order chi connectivity index (χ1) is 15.4. The van der Waals surface area contributed by atoms with Crippen LogP contribution in [-0.4, -0.2) is 24.4 Å². The standard InChI is InChI=1S/C23H17BrClNO6/c1-2-30-22(28)19-17(12-7-9-13(24)10-8-12)18-20(32-21(19)26-16(27)11-25)14-5-3-4-6-15(14)31-23(18)29/h3-10,17H,2,11H2,1H3,(H,26,27)/t17-/m0/s1. The molecular weight excluding hydrogens is 502 g/mol. The van der Waals surface area contributed by atoms with Gasteiger partial charge in [0.05, 0.1) is 23.5 Å². The van der Waals surface area contributed by atoms with Crippen LogP contribution >= 0.6 is 27.5 Å². The number of ether oxygens (including phenoxy) is 2. The number of para-hydroxylation sites is 1. The molecule has 32 heavy (non-hydrogen) atoms. The van der Waals surface area contributed by atoms with Gasteiger partial charge in [-0.3, -0.25) is 10.1 Å². The first-order valence-electron chi connectivity index (χ1n) is 9.70. The minimum Gasteiger partial charge on any atom is -0.462 e. The van der Waals surface area contributed by atoms with Gasteiger partial charge in [0.2, 0.25) is 11.8 Å². The lowest BCUT2D eigenvalue weighted by Gasteiger charge is -2.29. The molecule has 9 heteroatoms. The summed E-state index contributed by atoms with van der Waals surface area (Å²) in [4.78, 5) is 38.3. The summed E-state index contributed by atoms with van der Waals surface area (Å²) in [6.07, 6.45) is 0. The van der Waals surface area contributed by atoms with E-state index in [9.17, 15) is 14.4 Å². The van der Waals surface area contributed by atoms with Crippen molar-refractivity contribution in [2.75, 3.05) is 12.5 Å². The number of amides is 1. The number of carbonyl (C=O) groups excluding carboxylic acids is 2. The quantitative estimate of drug-likeness (QED) is 0.309. The van der Waals surface area contributed by atoms with Gasteiger partial charge in [0, 0.05) is 4.47 Å². The minimum atomic E-state index is -0.905. The summed E-state index contributed by atoms with van der Waals surface area (Å²) in [7, 11) is 0. The summed E-state index contributed by atoms with van der Waals surface area (Å²) in [5.74, 6) is -2.50. The molecule has 2 heterocycles. The van der Waals surface area contributed by atoms with Gasteiger partial charge in [0.25, 0.3) is 0 Å². The SMILES string of the molecule is CCOC(=O)C1=C(NC(=O)CCl)Oc2c(c(=O)oc3ccccc23)[C@@H]1c1ccc(Br)cc1. The third-order valence-corrected chi connectivity index (χ3v) is 5.67. The Morgan fingerprint density at radius 2 is 1.88 bits per heavy atom. The second-order valence-electron chi connectivity index (χ2n) is 6.86. The molecule has 7 nitrogen and oxygen atoms in total. The minimum absolute atomic E-state index is 0.0253. The van der Waals surface area contributed by atoms with Crippen molar-refractivity contribution in [3.63, 3.8) is 0 Å². The molecule has 1 aliphatic heterocycles. The molecule has 0 aliphatic carbocycles. The Morgan fingerprint density at radius 3 is 2.56 bits per heavy atom. The molecule has 1 N–H and O–H groups in total. The third-order valence-electron chi connectivity index (χ3n) is 4.90. The molecule has 0 saturated carbocycles. The Hall–Kier alpha value is -3.10. The lowest BCUT2D eigenvalue weighted by Crippen LogP contribution is -2.36. The fourth-order valence-corrected chi connectivity index (χ4v) is 3.92. The Morgan fingerprint density at radius 1 is 1.16 bits per heavy atom. The summed E-state index contributed by atoms with van der Waals surface area (Å²) < 4.78 is 17.6. The van der Waals surface area contributed by atoms with E-state index in [1.165, 1.54) is 0 Å². The predicted molar refractivity (Wildman–Crippen MR) is 122 cm³/mol. The molecule has 4 rings (SSSR count). The van der Waals surface area contributed by atoms with Crippen molar-refractivity contribution in [1.29, 1.82) is 0 Å². The highest BCUT2D eigenvalue weighted by molar-refractivity contribution is 9.10. The van der Waals surface area contributed by atoms with E-state index in [0.29, 0.717) is 16.5 Å². The fourth-order valence-electron chi connectivity index (χ4n) is 3.59. The van der Waals surface area contributed by atoms with Gasteiger partial charge in [0.15, 0.2) is 5.75 Å². The number of benzene rings is 2. The molecule has 0 unspecified atom stereocenters. The summed E-state index contributed by atoms with van der Waals surface area (Å²) in [6, 6.07) is 13.9. The van der Waals surface area contributed by atoms with Gasteiger partial charge in [-0.2, -0.15) is 0 Å². The number of nitrogens with one attached hydrogen (secondary N) is 1. The average Bonchev–Trinajstić information content (AvgIpc) is 2.79. The fraction of sp³-hybridized carbons (Fsp3) is 0.174. The Labute approximate surface area is 196 Å². The van der Waals surface area contributed by atoms with Crippen LogP contribution in [0.1, 0.15) is 24.0 Å². The van der Waals surface area contributed by atoms with Gasteiger partial charge in [-0.25, -0.2) is 9.59 Å². The summed E-state index contributed by atoms with van der Waals surface area (Å²) >= 11 is 9.07. The normalized spacial score (nSPS) is 15.2. The van der Waals surface area contributed by atoms with Crippen molar-refractivity contribution < 1.29 is 23.5 Å². The maximum absolute atomic E-state index is 13.1. The van der Waals surface area contributed by atoms with Crippen LogP contribution in [0.15, 0.2) is 73.7 Å². The Kier molecular flexibility index (Phi) is 6.34. The zero-order chi connectivity index (χ0) is 22.8. The van der Waals surface area contributed by atoms with Gasteiger partial charge >= 0.3 is 11.6 Å². The molecule has 0 fully saturated rings. The molecule has 2 aromatic carbocycles. The van der Waals surface area contributed by atoms with Crippen molar-refractivity contribution >= 4 is 50.4 Å². The van der Waals surface area contributed by atoms with Crippen molar-refractivity contribution in [3.05, 3.63) is 86.0 Å². The van der Waals surface area contributed by atoms with E-state index in [1.807, 2.05) is 0 Å². The maximum atomic E-state index is 13.1. The van der Waals surface area contributed by atoms with Crippen LogP contribution in [0.5, 0.6) is 5.75 Å². The molecule has 1 amide bonds. The first kappa shape index (κ1) is 22.1. The first-order valence-corrected chi connectivity index (χ1v) is 11.0. The van der Waals surface area contributed by atoms with E-state index in [1.54, 1.807) is 55.5 Å². The number of esters is 1. The molecule has 1 aromatic heterocycles. The molecule has 164 valence electrons. The molecule has 3 aromatic rings. The van der Waals surface area contributed by atoms with Crippen molar-refractivity contribution in [3.8, 4) is 5.75 Å². The highest BCUT2D eigenvalue weighted by atomic mass is 79.9.